The summed E-state index contributed by atoms with van der Waals surface area (Å²) in [4.78, 5) is 23.3. The summed E-state index contributed by atoms with van der Waals surface area (Å²) in [5, 5.41) is 4.08. The van der Waals surface area contributed by atoms with E-state index in [1.807, 2.05) is 61.5 Å². The number of halogens is 1. The first-order valence-corrected chi connectivity index (χ1v) is 11.4. The lowest BCUT2D eigenvalue weighted by molar-refractivity contribution is -0.114. The molecular weight excluding hydrogens is 459 g/mol. The Morgan fingerprint density at radius 2 is 1.72 bits per heavy atom. The molecule has 0 radical (unpaired) electrons. The molecule has 7 nitrogen and oxygen atoms in total. The maximum atomic E-state index is 13.1. The highest BCUT2D eigenvalue weighted by Crippen LogP contribution is 2.31. The van der Waals surface area contributed by atoms with E-state index in [2.05, 4.69) is 15.3 Å². The number of methoxy groups -OCH3 is 1. The Bertz CT molecular complexity index is 1370. The van der Waals surface area contributed by atoms with E-state index in [9.17, 15) is 9.18 Å². The van der Waals surface area contributed by atoms with Crippen LogP contribution >= 0.6 is 0 Å². The first-order chi connectivity index (χ1) is 17.4. The monoisotopic (exact) mass is 486 g/mol. The van der Waals surface area contributed by atoms with E-state index < -0.39 is 0 Å². The number of anilines is 2. The van der Waals surface area contributed by atoms with Crippen LogP contribution < -0.4 is 14.8 Å². The van der Waals surface area contributed by atoms with E-state index >= 15 is 0 Å². The summed E-state index contributed by atoms with van der Waals surface area (Å²) in [5.41, 5.74) is 2.24. The number of ether oxygens (including phenoxy) is 2. The van der Waals surface area contributed by atoms with Crippen LogP contribution in [0.25, 0.3) is 10.9 Å². The molecule has 0 atom stereocenters. The van der Waals surface area contributed by atoms with E-state index in [0.29, 0.717) is 35.1 Å². The fourth-order valence-corrected chi connectivity index (χ4v) is 3.58. The number of likely N-dealkylation sites (N-methyl/N-ethyl adjacent to an activating group) is 1. The lowest BCUT2D eigenvalue weighted by Crippen LogP contribution is -2.11. The molecule has 1 N–H and O–H groups in total. The summed E-state index contributed by atoms with van der Waals surface area (Å²) in [5.74, 6) is 2.04. The maximum absolute atomic E-state index is 13.1. The summed E-state index contributed by atoms with van der Waals surface area (Å²) in [7, 11) is 5.47. The molecule has 0 fully saturated rings. The number of carbonyl (C=O) groups is 1. The van der Waals surface area contributed by atoms with Crippen molar-refractivity contribution in [3.05, 3.63) is 90.5 Å². The van der Waals surface area contributed by atoms with Crippen LogP contribution in [-0.4, -0.2) is 48.4 Å². The summed E-state index contributed by atoms with van der Waals surface area (Å²) in [6.07, 6.45) is 5.12. The number of aromatic nitrogens is 2. The highest BCUT2D eigenvalue weighted by molar-refractivity contribution is 5.96. The third-order valence-electron chi connectivity index (χ3n) is 5.34. The zero-order valence-electron chi connectivity index (χ0n) is 20.4. The molecule has 0 aliphatic heterocycles. The van der Waals surface area contributed by atoms with Gasteiger partial charge in [-0.15, -0.1) is 0 Å². The van der Waals surface area contributed by atoms with Crippen molar-refractivity contribution in [1.29, 1.82) is 0 Å². The van der Waals surface area contributed by atoms with Crippen molar-refractivity contribution in [3.8, 4) is 17.2 Å². The van der Waals surface area contributed by atoms with Gasteiger partial charge in [0, 0.05) is 35.7 Å². The van der Waals surface area contributed by atoms with Crippen molar-refractivity contribution < 1.29 is 18.7 Å². The quantitative estimate of drug-likeness (QED) is 0.295. The molecule has 3 aromatic carbocycles. The SMILES string of the molecule is COc1cc2ncnc(Nc3ccc(Oc4ccc(F)cc4)cc3)c2cc1CC(=O)/C=C/CN(C)C. The van der Waals surface area contributed by atoms with Crippen molar-refractivity contribution in [2.24, 2.45) is 0 Å². The Morgan fingerprint density at radius 3 is 2.39 bits per heavy atom. The topological polar surface area (TPSA) is 76.6 Å². The van der Waals surface area contributed by atoms with Crippen LogP contribution in [0.1, 0.15) is 5.56 Å². The van der Waals surface area contributed by atoms with Gasteiger partial charge in [0.25, 0.3) is 0 Å². The van der Waals surface area contributed by atoms with Gasteiger partial charge in [0.2, 0.25) is 0 Å². The lowest BCUT2D eigenvalue weighted by Gasteiger charge is -2.13. The summed E-state index contributed by atoms with van der Waals surface area (Å²) in [6, 6.07) is 16.9. The van der Waals surface area contributed by atoms with Crippen molar-refractivity contribution >= 4 is 28.2 Å². The molecule has 4 aromatic rings. The largest absolute Gasteiger partial charge is 0.496 e. The summed E-state index contributed by atoms with van der Waals surface area (Å²) in [6.45, 7) is 0.691. The lowest BCUT2D eigenvalue weighted by atomic mass is 10.0. The molecule has 36 heavy (non-hydrogen) atoms. The van der Waals surface area contributed by atoms with Crippen LogP contribution in [0.15, 0.2) is 79.1 Å². The van der Waals surface area contributed by atoms with Crippen molar-refractivity contribution in [1.82, 2.24) is 14.9 Å². The van der Waals surface area contributed by atoms with Gasteiger partial charge < -0.3 is 19.7 Å². The zero-order valence-corrected chi connectivity index (χ0v) is 20.4. The summed E-state index contributed by atoms with van der Waals surface area (Å²) >= 11 is 0. The number of allylic oxidation sites excluding steroid dienone is 1. The number of nitrogens with one attached hydrogen (secondary N) is 1. The molecule has 0 bridgehead atoms. The van der Waals surface area contributed by atoms with Crippen molar-refractivity contribution in [2.75, 3.05) is 33.1 Å². The van der Waals surface area contributed by atoms with E-state index in [1.54, 1.807) is 25.3 Å². The molecular formula is C28H27FN4O3. The first-order valence-electron chi connectivity index (χ1n) is 11.4. The average molecular weight is 487 g/mol. The van der Waals surface area contributed by atoms with E-state index in [-0.39, 0.29) is 18.0 Å². The molecule has 0 aliphatic carbocycles. The Hall–Kier alpha value is -4.30. The number of hydrogen-bond acceptors (Lipinski definition) is 7. The van der Waals surface area contributed by atoms with Crippen LogP contribution in [0, 0.1) is 5.82 Å². The van der Waals surface area contributed by atoms with Crippen LogP contribution in [0.3, 0.4) is 0 Å². The minimum atomic E-state index is -0.315. The first kappa shape index (κ1) is 24.8. The van der Waals surface area contributed by atoms with Crippen LogP contribution in [0.2, 0.25) is 0 Å². The third kappa shape index (κ3) is 6.43. The fourth-order valence-electron chi connectivity index (χ4n) is 3.58. The molecule has 0 saturated heterocycles. The number of benzene rings is 3. The van der Waals surface area contributed by atoms with E-state index in [0.717, 1.165) is 16.6 Å². The third-order valence-corrected chi connectivity index (χ3v) is 5.34. The van der Waals surface area contributed by atoms with Crippen molar-refractivity contribution in [3.63, 3.8) is 0 Å². The molecule has 1 heterocycles. The Labute approximate surface area is 209 Å². The highest BCUT2D eigenvalue weighted by atomic mass is 19.1. The number of ketones is 1. The van der Waals surface area contributed by atoms with Gasteiger partial charge in [-0.2, -0.15) is 0 Å². The maximum Gasteiger partial charge on any atom is 0.159 e. The molecule has 4 rings (SSSR count). The Balaban J connectivity index is 1.54. The van der Waals surface area contributed by atoms with Gasteiger partial charge in [-0.25, -0.2) is 14.4 Å². The smallest absolute Gasteiger partial charge is 0.159 e. The van der Waals surface area contributed by atoms with Gasteiger partial charge >= 0.3 is 0 Å². The molecule has 1 aromatic heterocycles. The van der Waals surface area contributed by atoms with Crippen LogP contribution in [0.4, 0.5) is 15.9 Å². The second kappa shape index (κ2) is 11.4. The number of hydrogen-bond donors (Lipinski definition) is 1. The van der Waals surface area contributed by atoms with Crippen LogP contribution in [-0.2, 0) is 11.2 Å². The molecule has 0 saturated carbocycles. The normalized spacial score (nSPS) is 11.2. The van der Waals surface area contributed by atoms with Gasteiger partial charge in [0.15, 0.2) is 5.78 Å². The van der Waals surface area contributed by atoms with Gasteiger partial charge in [0.05, 0.1) is 12.6 Å². The van der Waals surface area contributed by atoms with Gasteiger partial charge in [-0.1, -0.05) is 6.08 Å². The minimum Gasteiger partial charge on any atom is -0.496 e. The second-order valence-electron chi connectivity index (χ2n) is 8.42. The molecule has 8 heteroatoms. The zero-order chi connectivity index (χ0) is 25.5. The molecule has 0 spiro atoms. The van der Waals surface area contributed by atoms with Gasteiger partial charge in [-0.3, -0.25) is 4.79 Å². The minimum absolute atomic E-state index is 0.0161. The number of nitrogens with zero attached hydrogens (tertiary/aromatic N) is 3. The number of fused-ring (bicyclic) bond motifs is 1. The second-order valence-corrected chi connectivity index (χ2v) is 8.42. The molecule has 0 unspecified atom stereocenters. The fraction of sp³-hybridized carbons (Fsp3) is 0.179. The van der Waals surface area contributed by atoms with Gasteiger partial charge in [0.1, 0.15) is 35.2 Å². The van der Waals surface area contributed by atoms with E-state index in [1.165, 1.54) is 18.5 Å². The standard InChI is InChI=1S/C28H27FN4O3/c1-33(2)14-4-5-22(34)15-19-16-25-26(17-27(19)35-3)30-18-31-28(25)32-21-8-12-24(13-9-21)36-23-10-6-20(29)7-11-23/h4-13,16-18H,14-15H2,1-3H3,(H,30,31,32)/b5-4+. The Kier molecular flexibility index (Phi) is 7.87. The average Bonchev–Trinajstić information content (AvgIpc) is 2.86. The Morgan fingerprint density at radius 1 is 1.03 bits per heavy atom. The number of rotatable bonds is 10. The van der Waals surface area contributed by atoms with E-state index in [4.69, 9.17) is 9.47 Å². The molecule has 0 amide bonds. The highest BCUT2D eigenvalue weighted by Gasteiger charge is 2.13. The number of carbonyl (C=O) groups excluding carboxylic acids is 1. The predicted octanol–water partition coefficient (Wildman–Crippen LogP) is 5.54. The van der Waals surface area contributed by atoms with Crippen molar-refractivity contribution in [2.45, 2.75) is 6.42 Å². The van der Waals surface area contributed by atoms with Crippen LogP contribution in [0.5, 0.6) is 17.2 Å². The molecule has 184 valence electrons. The van der Waals surface area contributed by atoms with Gasteiger partial charge in [-0.05, 0) is 74.8 Å². The summed E-state index contributed by atoms with van der Waals surface area (Å²) < 4.78 is 24.4. The molecule has 0 aliphatic rings. The predicted molar refractivity (Wildman–Crippen MR) is 139 cm³/mol.